The predicted molar refractivity (Wildman–Crippen MR) is 102 cm³/mol. The van der Waals surface area contributed by atoms with E-state index in [1.165, 1.54) is 0 Å². The number of hydrogen-bond acceptors (Lipinski definition) is 5. The van der Waals surface area contributed by atoms with Gasteiger partial charge in [0, 0.05) is 34.6 Å². The number of aromatic amines is 1. The van der Waals surface area contributed by atoms with Crippen LogP contribution in [0.2, 0.25) is 0 Å². The number of pyridine rings is 1. The topological polar surface area (TPSA) is 86.2 Å². The van der Waals surface area contributed by atoms with Crippen molar-refractivity contribution in [3.63, 3.8) is 0 Å². The number of fused-ring (bicyclic) bond motifs is 1. The molecule has 3 aromatic rings. The number of hydrogen-bond donors (Lipinski definition) is 3. The van der Waals surface area contributed by atoms with Crippen LogP contribution in [-0.2, 0) is 6.54 Å². The molecule has 2 aromatic heterocycles. The van der Waals surface area contributed by atoms with Gasteiger partial charge in [0.2, 0.25) is 11.8 Å². The van der Waals surface area contributed by atoms with Crippen LogP contribution in [0.15, 0.2) is 52.1 Å². The number of imidazole rings is 1. The summed E-state index contributed by atoms with van der Waals surface area (Å²) in [5, 5.41) is 13.2. The zero-order chi connectivity index (χ0) is 17.2. The molecule has 0 saturated heterocycles. The Morgan fingerprint density at radius 3 is 2.88 bits per heavy atom. The summed E-state index contributed by atoms with van der Waals surface area (Å²) < 4.78 is 1.04. The second kappa shape index (κ2) is 6.52. The minimum atomic E-state index is -0.0588. The Morgan fingerprint density at radius 1 is 1.20 bits per heavy atom. The lowest BCUT2D eigenvalue weighted by Crippen LogP contribution is -2.00. The van der Waals surface area contributed by atoms with Crippen LogP contribution in [0.3, 0.4) is 0 Å². The van der Waals surface area contributed by atoms with E-state index in [9.17, 15) is 5.11 Å². The molecule has 0 saturated carbocycles. The Morgan fingerprint density at radius 2 is 2.04 bits per heavy atom. The maximum absolute atomic E-state index is 10.1. The number of aromatic hydroxyl groups is 1. The molecule has 0 radical (unpaired) electrons. The Balaban J connectivity index is 1.52. The third-order valence-corrected chi connectivity index (χ3v) is 4.34. The van der Waals surface area contributed by atoms with Crippen LogP contribution in [0.25, 0.3) is 11.6 Å². The van der Waals surface area contributed by atoms with Crippen molar-refractivity contribution in [2.24, 2.45) is 4.99 Å². The molecule has 0 amide bonds. The number of aromatic nitrogens is 3. The highest BCUT2D eigenvalue weighted by atomic mass is 79.9. The number of anilines is 1. The molecular weight excluding hydrogens is 382 g/mol. The molecule has 1 aromatic carbocycles. The fourth-order valence-corrected chi connectivity index (χ4v) is 2.81. The third-order valence-electron chi connectivity index (χ3n) is 3.81. The van der Waals surface area contributed by atoms with Gasteiger partial charge in [0.1, 0.15) is 5.69 Å². The molecule has 1 aliphatic rings. The first-order valence-corrected chi connectivity index (χ1v) is 8.47. The molecule has 0 fully saturated rings. The van der Waals surface area contributed by atoms with E-state index in [0.29, 0.717) is 24.0 Å². The van der Waals surface area contributed by atoms with Gasteiger partial charge in [0.15, 0.2) is 5.82 Å². The highest BCUT2D eigenvalue weighted by Gasteiger charge is 2.14. The van der Waals surface area contributed by atoms with Crippen LogP contribution in [0.4, 0.5) is 11.8 Å². The summed E-state index contributed by atoms with van der Waals surface area (Å²) in [6, 6.07) is 11.8. The first-order chi connectivity index (χ1) is 12.2. The first kappa shape index (κ1) is 15.6. The average Bonchev–Trinajstić information content (AvgIpc) is 3.19. The zero-order valence-corrected chi connectivity index (χ0v) is 14.7. The molecular formula is C18H14BrN5O. The van der Waals surface area contributed by atoms with E-state index in [1.807, 2.05) is 42.5 Å². The molecule has 3 N–H and O–H groups in total. The van der Waals surface area contributed by atoms with Crippen LogP contribution in [0.1, 0.15) is 16.8 Å². The summed E-state index contributed by atoms with van der Waals surface area (Å²) in [6.07, 6.45) is 5.24. The number of H-pyrrole nitrogens is 1. The minimum Gasteiger partial charge on any atom is -0.492 e. The van der Waals surface area contributed by atoms with E-state index in [-0.39, 0.29) is 5.88 Å². The number of benzene rings is 1. The molecule has 0 atom stereocenters. The predicted octanol–water partition coefficient (Wildman–Crippen LogP) is 4.14. The van der Waals surface area contributed by atoms with Crippen molar-refractivity contribution in [2.75, 3.05) is 5.32 Å². The highest BCUT2D eigenvalue weighted by Crippen LogP contribution is 2.31. The van der Waals surface area contributed by atoms with Crippen molar-refractivity contribution in [3.8, 4) is 5.88 Å². The first-order valence-electron chi connectivity index (χ1n) is 7.67. The van der Waals surface area contributed by atoms with E-state index in [0.717, 1.165) is 21.2 Å². The molecule has 124 valence electrons. The van der Waals surface area contributed by atoms with Gasteiger partial charge in [-0.3, -0.25) is 0 Å². The lowest BCUT2D eigenvalue weighted by atomic mass is 10.1. The third kappa shape index (κ3) is 3.32. The molecule has 0 spiro atoms. The van der Waals surface area contributed by atoms with E-state index >= 15 is 0 Å². The maximum atomic E-state index is 10.1. The smallest absolute Gasteiger partial charge is 0.238 e. The molecule has 25 heavy (non-hydrogen) atoms. The fraction of sp³-hybridized carbons (Fsp3) is 0.0556. The zero-order valence-electron chi connectivity index (χ0n) is 13.1. The van der Waals surface area contributed by atoms with Crippen molar-refractivity contribution >= 4 is 45.6 Å². The van der Waals surface area contributed by atoms with E-state index in [1.54, 1.807) is 12.4 Å². The summed E-state index contributed by atoms with van der Waals surface area (Å²) in [7, 11) is 0. The van der Waals surface area contributed by atoms with Gasteiger partial charge in [0.25, 0.3) is 0 Å². The minimum absolute atomic E-state index is 0.0588. The number of nitrogens with zero attached hydrogens (tertiary/aromatic N) is 3. The number of allylic oxidation sites excluding steroid dienone is 1. The fourth-order valence-electron chi connectivity index (χ4n) is 2.55. The lowest BCUT2D eigenvalue weighted by molar-refractivity contribution is 0.455. The van der Waals surface area contributed by atoms with Gasteiger partial charge in [-0.1, -0.05) is 28.1 Å². The average molecular weight is 396 g/mol. The largest absolute Gasteiger partial charge is 0.492 e. The van der Waals surface area contributed by atoms with Gasteiger partial charge in [-0.05, 0) is 35.9 Å². The van der Waals surface area contributed by atoms with E-state index in [2.05, 4.69) is 41.2 Å². The van der Waals surface area contributed by atoms with Gasteiger partial charge in [0.05, 0.1) is 0 Å². The van der Waals surface area contributed by atoms with Crippen LogP contribution < -0.4 is 5.32 Å². The summed E-state index contributed by atoms with van der Waals surface area (Å²) in [5.74, 6) is 1.13. The molecule has 4 rings (SSSR count). The van der Waals surface area contributed by atoms with E-state index in [4.69, 9.17) is 0 Å². The standard InChI is InChI=1S/C18H14BrN5O/c19-13-5-3-11(4-6-13)9-22-18-23-15(17(25)24-18)8-12-10-21-16-14(12)2-1-7-20-16/h1-8,10,25H,9H2,(H2,22,23,24)/b12-8+. The summed E-state index contributed by atoms with van der Waals surface area (Å²) in [4.78, 5) is 15.7. The Hall–Kier alpha value is -2.93. The van der Waals surface area contributed by atoms with Crippen LogP contribution in [-0.4, -0.2) is 26.3 Å². The normalized spacial score (nSPS) is 14.0. The van der Waals surface area contributed by atoms with Gasteiger partial charge in [-0.2, -0.15) is 4.98 Å². The summed E-state index contributed by atoms with van der Waals surface area (Å²) >= 11 is 3.41. The highest BCUT2D eigenvalue weighted by molar-refractivity contribution is 9.10. The lowest BCUT2D eigenvalue weighted by Gasteiger charge is -2.02. The number of rotatable bonds is 4. The molecule has 6 nitrogen and oxygen atoms in total. The van der Waals surface area contributed by atoms with Crippen molar-refractivity contribution in [1.82, 2.24) is 15.0 Å². The number of nitrogens with one attached hydrogen (secondary N) is 2. The second-order valence-electron chi connectivity index (χ2n) is 5.54. The Labute approximate surface area is 152 Å². The quantitative estimate of drug-likeness (QED) is 0.619. The van der Waals surface area contributed by atoms with Crippen LogP contribution in [0.5, 0.6) is 5.88 Å². The van der Waals surface area contributed by atoms with Crippen LogP contribution in [0, 0.1) is 0 Å². The van der Waals surface area contributed by atoms with Crippen LogP contribution >= 0.6 is 15.9 Å². The molecule has 0 bridgehead atoms. The Kier molecular flexibility index (Phi) is 4.07. The SMILES string of the molecule is Oc1nc(NCc2ccc(Br)cc2)[nH]c1/C=C1\C=Nc2ncccc21. The monoisotopic (exact) mass is 395 g/mol. The van der Waals surface area contributed by atoms with Gasteiger partial charge in [-0.25, -0.2) is 9.98 Å². The summed E-state index contributed by atoms with van der Waals surface area (Å²) in [5.41, 5.74) is 3.45. The molecule has 3 heterocycles. The molecule has 1 aliphatic heterocycles. The molecule has 0 aliphatic carbocycles. The Bertz CT molecular complexity index is 975. The van der Waals surface area contributed by atoms with Crippen molar-refractivity contribution in [2.45, 2.75) is 6.54 Å². The second-order valence-corrected chi connectivity index (χ2v) is 6.45. The van der Waals surface area contributed by atoms with Gasteiger partial charge >= 0.3 is 0 Å². The number of aliphatic imine (C=N–C) groups is 1. The van der Waals surface area contributed by atoms with Crippen molar-refractivity contribution < 1.29 is 5.11 Å². The van der Waals surface area contributed by atoms with E-state index < -0.39 is 0 Å². The maximum Gasteiger partial charge on any atom is 0.238 e. The van der Waals surface area contributed by atoms with Crippen molar-refractivity contribution in [3.05, 3.63) is 63.9 Å². The summed E-state index contributed by atoms with van der Waals surface area (Å²) in [6.45, 7) is 0.602. The number of halogens is 1. The van der Waals surface area contributed by atoms with Gasteiger partial charge < -0.3 is 15.4 Å². The molecule has 0 unspecified atom stereocenters. The molecule has 7 heteroatoms. The van der Waals surface area contributed by atoms with Gasteiger partial charge in [-0.15, -0.1) is 0 Å². The van der Waals surface area contributed by atoms with Crippen molar-refractivity contribution in [1.29, 1.82) is 0 Å².